The Balaban J connectivity index is 1.66. The Labute approximate surface area is 156 Å². The van der Waals surface area contributed by atoms with Gasteiger partial charge in [-0.05, 0) is 19.1 Å². The van der Waals surface area contributed by atoms with Crippen LogP contribution in [0.4, 0.5) is 4.39 Å². The summed E-state index contributed by atoms with van der Waals surface area (Å²) >= 11 is 9.06. The molecule has 128 valence electrons. The number of aryl methyl sites for hydroxylation is 1. The molecule has 0 fully saturated rings. The second kappa shape index (κ2) is 6.44. The summed E-state index contributed by atoms with van der Waals surface area (Å²) in [6.45, 7) is 1.95. The minimum Gasteiger partial charge on any atom is -0.304 e. The summed E-state index contributed by atoms with van der Waals surface area (Å²) in [6, 6.07) is 4.69. The van der Waals surface area contributed by atoms with E-state index in [1.807, 2.05) is 34.5 Å². The van der Waals surface area contributed by atoms with Crippen LogP contribution in [-0.2, 0) is 12.8 Å². The maximum atomic E-state index is 13.9. The molecule has 0 saturated carbocycles. The van der Waals surface area contributed by atoms with Crippen molar-refractivity contribution in [3.8, 4) is 11.5 Å². The number of nitrogens with zero attached hydrogens (tertiary/aromatic N) is 5. The summed E-state index contributed by atoms with van der Waals surface area (Å²) < 4.78 is 17.8. The maximum absolute atomic E-state index is 13.9. The summed E-state index contributed by atoms with van der Waals surface area (Å²) in [4.78, 5) is 5.46. The molecule has 0 aliphatic carbocycles. The highest BCUT2D eigenvalue weighted by molar-refractivity contribution is 7.98. The third kappa shape index (κ3) is 2.84. The average molecular weight is 394 g/mol. The summed E-state index contributed by atoms with van der Waals surface area (Å²) in [6.07, 6.45) is 1.97. The molecule has 0 radical (unpaired) electrons. The van der Waals surface area contributed by atoms with Gasteiger partial charge >= 0.3 is 0 Å². The first-order chi connectivity index (χ1) is 12.1. The van der Waals surface area contributed by atoms with Crippen molar-refractivity contribution in [1.29, 1.82) is 0 Å². The van der Waals surface area contributed by atoms with Crippen molar-refractivity contribution in [2.24, 2.45) is 7.05 Å². The van der Waals surface area contributed by atoms with Gasteiger partial charge in [-0.25, -0.2) is 9.37 Å². The predicted molar refractivity (Wildman–Crippen MR) is 98.8 cm³/mol. The lowest BCUT2D eigenvalue weighted by Gasteiger charge is -2.06. The number of thiazole rings is 1. The standard InChI is InChI=1S/C16H13ClFN5S2/c1-9-13(23-6-7-24-15(23)19-9)14-20-21-16(22(14)2)25-8-10-11(17)4-3-5-12(10)18/h3-7H,8H2,1-2H3. The Morgan fingerprint density at radius 3 is 2.96 bits per heavy atom. The van der Waals surface area contributed by atoms with Gasteiger partial charge in [-0.3, -0.25) is 4.40 Å². The van der Waals surface area contributed by atoms with Gasteiger partial charge in [0, 0.05) is 35.0 Å². The lowest BCUT2D eigenvalue weighted by Crippen LogP contribution is -1.98. The van der Waals surface area contributed by atoms with Crippen LogP contribution in [0, 0.1) is 12.7 Å². The topological polar surface area (TPSA) is 48.0 Å². The van der Waals surface area contributed by atoms with Crippen LogP contribution in [0.25, 0.3) is 16.5 Å². The molecule has 3 heterocycles. The van der Waals surface area contributed by atoms with E-state index < -0.39 is 0 Å². The van der Waals surface area contributed by atoms with Gasteiger partial charge < -0.3 is 4.57 Å². The van der Waals surface area contributed by atoms with E-state index in [-0.39, 0.29) is 5.82 Å². The highest BCUT2D eigenvalue weighted by atomic mass is 35.5. The average Bonchev–Trinajstić information content (AvgIpc) is 3.23. The second-order valence-corrected chi connectivity index (χ2v) is 7.68. The Morgan fingerprint density at radius 2 is 2.16 bits per heavy atom. The van der Waals surface area contributed by atoms with Gasteiger partial charge in [0.25, 0.3) is 0 Å². The third-order valence-corrected chi connectivity index (χ3v) is 6.05. The Hall–Kier alpha value is -1.90. The first-order valence-electron chi connectivity index (χ1n) is 7.44. The zero-order valence-corrected chi connectivity index (χ0v) is 15.8. The first kappa shape index (κ1) is 16.6. The smallest absolute Gasteiger partial charge is 0.194 e. The Bertz CT molecular complexity index is 1050. The van der Waals surface area contributed by atoms with E-state index in [0.717, 1.165) is 22.2 Å². The van der Waals surface area contributed by atoms with Crippen LogP contribution in [0.15, 0.2) is 34.9 Å². The van der Waals surface area contributed by atoms with E-state index in [1.165, 1.54) is 17.8 Å². The number of imidazole rings is 1. The predicted octanol–water partition coefficient (Wildman–Crippen LogP) is 4.58. The number of halogens is 2. The summed E-state index contributed by atoms with van der Waals surface area (Å²) in [5, 5.41) is 11.7. The zero-order chi connectivity index (χ0) is 17.6. The van der Waals surface area contributed by atoms with E-state index in [9.17, 15) is 4.39 Å². The molecule has 4 aromatic rings. The van der Waals surface area contributed by atoms with Gasteiger partial charge in [0.05, 0.1) is 5.69 Å². The van der Waals surface area contributed by atoms with Crippen LogP contribution in [-0.4, -0.2) is 24.1 Å². The van der Waals surface area contributed by atoms with Crippen molar-refractivity contribution >= 4 is 39.7 Å². The molecular weight excluding hydrogens is 381 g/mol. The molecule has 0 bridgehead atoms. The summed E-state index contributed by atoms with van der Waals surface area (Å²) in [7, 11) is 1.89. The largest absolute Gasteiger partial charge is 0.304 e. The number of benzene rings is 1. The Kier molecular flexibility index (Phi) is 4.26. The molecule has 4 rings (SSSR count). The molecule has 0 saturated heterocycles. The maximum Gasteiger partial charge on any atom is 0.194 e. The molecule has 25 heavy (non-hydrogen) atoms. The number of fused-ring (bicyclic) bond motifs is 1. The van der Waals surface area contributed by atoms with Crippen LogP contribution in [0.2, 0.25) is 5.02 Å². The van der Waals surface area contributed by atoms with Gasteiger partial charge in [0.2, 0.25) is 0 Å². The van der Waals surface area contributed by atoms with Gasteiger partial charge in [-0.2, -0.15) is 0 Å². The second-order valence-electron chi connectivity index (χ2n) is 5.46. The van der Waals surface area contributed by atoms with Crippen LogP contribution in [0.5, 0.6) is 0 Å². The Morgan fingerprint density at radius 1 is 1.32 bits per heavy atom. The van der Waals surface area contributed by atoms with E-state index in [2.05, 4.69) is 15.2 Å². The molecule has 3 aromatic heterocycles. The number of rotatable bonds is 4. The first-order valence-corrected chi connectivity index (χ1v) is 9.68. The van der Waals surface area contributed by atoms with Crippen molar-refractivity contribution in [3.05, 3.63) is 51.9 Å². The highest BCUT2D eigenvalue weighted by Crippen LogP contribution is 2.31. The fraction of sp³-hybridized carbons (Fsp3) is 0.188. The van der Waals surface area contributed by atoms with Gasteiger partial charge in [-0.15, -0.1) is 21.5 Å². The van der Waals surface area contributed by atoms with Crippen molar-refractivity contribution in [1.82, 2.24) is 24.1 Å². The van der Waals surface area contributed by atoms with Gasteiger partial charge in [-0.1, -0.05) is 29.4 Å². The molecule has 0 amide bonds. The van der Waals surface area contributed by atoms with Crippen LogP contribution in [0.3, 0.4) is 0 Å². The quantitative estimate of drug-likeness (QED) is 0.476. The van der Waals surface area contributed by atoms with Crippen molar-refractivity contribution in [2.75, 3.05) is 0 Å². The molecular formula is C16H13ClFN5S2. The van der Waals surface area contributed by atoms with E-state index in [0.29, 0.717) is 21.5 Å². The number of hydrogen-bond acceptors (Lipinski definition) is 5. The molecule has 0 aliphatic rings. The number of aromatic nitrogens is 5. The number of hydrogen-bond donors (Lipinski definition) is 0. The lowest BCUT2D eigenvalue weighted by molar-refractivity contribution is 0.617. The van der Waals surface area contributed by atoms with E-state index >= 15 is 0 Å². The van der Waals surface area contributed by atoms with Crippen molar-refractivity contribution in [2.45, 2.75) is 17.8 Å². The lowest BCUT2D eigenvalue weighted by atomic mass is 10.2. The van der Waals surface area contributed by atoms with Gasteiger partial charge in [0.15, 0.2) is 15.9 Å². The SMILES string of the molecule is Cc1nc2sccn2c1-c1nnc(SCc2c(F)cccc2Cl)n1C. The molecule has 0 aliphatic heterocycles. The van der Waals surface area contributed by atoms with Gasteiger partial charge in [0.1, 0.15) is 11.5 Å². The minimum absolute atomic E-state index is 0.311. The summed E-state index contributed by atoms with van der Waals surface area (Å²) in [5.41, 5.74) is 2.29. The molecule has 1 aromatic carbocycles. The van der Waals surface area contributed by atoms with Crippen LogP contribution in [0.1, 0.15) is 11.3 Å². The van der Waals surface area contributed by atoms with Crippen LogP contribution < -0.4 is 0 Å². The fourth-order valence-corrected chi connectivity index (χ4v) is 4.63. The van der Waals surface area contributed by atoms with Crippen molar-refractivity contribution in [3.63, 3.8) is 0 Å². The van der Waals surface area contributed by atoms with E-state index in [1.54, 1.807) is 23.5 Å². The van der Waals surface area contributed by atoms with E-state index in [4.69, 9.17) is 11.6 Å². The minimum atomic E-state index is -0.311. The molecule has 0 unspecified atom stereocenters. The zero-order valence-electron chi connectivity index (χ0n) is 13.4. The molecule has 0 N–H and O–H groups in total. The molecule has 9 heteroatoms. The normalized spacial score (nSPS) is 11.5. The fourth-order valence-electron chi connectivity index (χ4n) is 2.62. The third-order valence-electron chi connectivity index (χ3n) is 3.89. The summed E-state index contributed by atoms with van der Waals surface area (Å²) in [5.74, 6) is 0.802. The van der Waals surface area contributed by atoms with Crippen LogP contribution >= 0.6 is 34.7 Å². The number of thioether (sulfide) groups is 1. The van der Waals surface area contributed by atoms with Crippen molar-refractivity contribution < 1.29 is 4.39 Å². The molecule has 0 spiro atoms. The highest BCUT2D eigenvalue weighted by Gasteiger charge is 2.19. The molecule has 5 nitrogen and oxygen atoms in total. The monoisotopic (exact) mass is 393 g/mol. The molecule has 0 atom stereocenters.